The number of allylic oxidation sites excluding steroid dienone is 1. The zero-order valence-corrected chi connectivity index (χ0v) is 20.2. The van der Waals surface area contributed by atoms with Crippen LogP contribution in [0.2, 0.25) is 0 Å². The van der Waals surface area contributed by atoms with Crippen LogP contribution < -0.4 is 5.32 Å². The number of carbonyl (C=O) groups is 3. The molecule has 0 aromatic heterocycles. The van der Waals surface area contributed by atoms with Gasteiger partial charge in [-0.1, -0.05) is 60.2 Å². The van der Waals surface area contributed by atoms with Crippen LogP contribution in [0.5, 0.6) is 0 Å². The Labute approximate surface area is 205 Å². The lowest BCUT2D eigenvalue weighted by molar-refractivity contribution is -0.152. The molecule has 0 bridgehead atoms. The van der Waals surface area contributed by atoms with Crippen LogP contribution in [-0.4, -0.2) is 53.2 Å². The Balaban J connectivity index is 1.46. The van der Waals surface area contributed by atoms with Gasteiger partial charge in [-0.05, 0) is 61.8 Å². The summed E-state index contributed by atoms with van der Waals surface area (Å²) in [5, 5.41) is 12.3. The maximum Gasteiger partial charge on any atom is 0.407 e. The topological polar surface area (TPSA) is 95.9 Å². The van der Waals surface area contributed by atoms with Gasteiger partial charge in [-0.2, -0.15) is 0 Å². The summed E-state index contributed by atoms with van der Waals surface area (Å²) in [6.07, 6.45) is 3.38. The first-order valence-electron chi connectivity index (χ1n) is 12.1. The summed E-state index contributed by atoms with van der Waals surface area (Å²) in [4.78, 5) is 39.3. The molecule has 7 heteroatoms. The van der Waals surface area contributed by atoms with Gasteiger partial charge in [-0.25, -0.2) is 9.59 Å². The van der Waals surface area contributed by atoms with E-state index < -0.39 is 24.1 Å². The summed E-state index contributed by atoms with van der Waals surface area (Å²) < 4.78 is 5.63. The molecule has 0 spiro atoms. The molecule has 4 rings (SSSR count). The first kappa shape index (κ1) is 24.5. The molecular weight excluding hydrogens is 444 g/mol. The molecule has 1 heterocycles. The van der Waals surface area contributed by atoms with Crippen LogP contribution >= 0.6 is 0 Å². The Morgan fingerprint density at radius 2 is 1.69 bits per heavy atom. The molecule has 184 valence electrons. The predicted octanol–water partition coefficient (Wildman–Crippen LogP) is 4.72. The fraction of sp³-hybridized carbons (Fsp3) is 0.393. The van der Waals surface area contributed by atoms with Crippen molar-refractivity contribution in [2.75, 3.05) is 13.2 Å². The van der Waals surface area contributed by atoms with E-state index >= 15 is 0 Å². The van der Waals surface area contributed by atoms with Gasteiger partial charge in [-0.3, -0.25) is 4.79 Å². The lowest BCUT2D eigenvalue weighted by Gasteiger charge is -2.35. The molecule has 1 aliphatic heterocycles. The number of carboxylic acids is 1. The van der Waals surface area contributed by atoms with Crippen LogP contribution in [-0.2, 0) is 14.3 Å². The molecule has 2 N–H and O–H groups in total. The third kappa shape index (κ3) is 5.39. The Morgan fingerprint density at radius 3 is 2.29 bits per heavy atom. The lowest BCUT2D eigenvalue weighted by atomic mass is 9.98. The molecule has 2 atom stereocenters. The highest BCUT2D eigenvalue weighted by molar-refractivity contribution is 5.89. The summed E-state index contributed by atoms with van der Waals surface area (Å²) in [5.41, 5.74) is 5.50. The van der Waals surface area contributed by atoms with E-state index in [1.165, 1.54) is 4.90 Å². The standard InChI is InChI=1S/C28H32N2O5/c1-18(2)14-15-24(26(31)30-16-8-7-13-25(30)27(32)33)29-28(34)35-17-23-21-11-5-3-9-19(21)20-10-4-6-12-22(20)23/h3-6,9-12,14,23-25H,7-8,13,15-17H2,1-2H3,(H,29,34)(H,32,33)/t24?,25-/m0/s1. The number of alkyl carbamates (subject to hydrolysis) is 1. The van der Waals surface area contributed by atoms with Crippen molar-refractivity contribution in [3.63, 3.8) is 0 Å². The number of nitrogens with zero attached hydrogens (tertiary/aromatic N) is 1. The lowest BCUT2D eigenvalue weighted by Crippen LogP contribution is -2.55. The predicted molar refractivity (Wildman–Crippen MR) is 133 cm³/mol. The number of hydrogen-bond acceptors (Lipinski definition) is 4. The summed E-state index contributed by atoms with van der Waals surface area (Å²) in [7, 11) is 0. The van der Waals surface area contributed by atoms with Gasteiger partial charge in [0.25, 0.3) is 0 Å². The van der Waals surface area contributed by atoms with E-state index in [4.69, 9.17) is 4.74 Å². The number of hydrogen-bond donors (Lipinski definition) is 2. The minimum atomic E-state index is -1.01. The van der Waals surface area contributed by atoms with Crippen LogP contribution in [0.25, 0.3) is 11.1 Å². The Bertz CT molecular complexity index is 1090. The quantitative estimate of drug-likeness (QED) is 0.564. The maximum atomic E-state index is 13.3. The van der Waals surface area contributed by atoms with Gasteiger partial charge in [0, 0.05) is 12.5 Å². The summed E-state index contributed by atoms with van der Waals surface area (Å²) in [5.74, 6) is -1.48. The number of likely N-dealkylation sites (tertiary alicyclic amines) is 1. The largest absolute Gasteiger partial charge is 0.480 e. The highest BCUT2D eigenvalue weighted by Crippen LogP contribution is 2.44. The van der Waals surface area contributed by atoms with Gasteiger partial charge in [0.2, 0.25) is 5.91 Å². The molecule has 2 aliphatic rings. The van der Waals surface area contributed by atoms with E-state index in [1.807, 2.05) is 56.3 Å². The molecule has 0 radical (unpaired) electrons. The molecule has 0 saturated carbocycles. The first-order chi connectivity index (χ1) is 16.9. The number of piperidine rings is 1. The number of carbonyl (C=O) groups excluding carboxylic acids is 2. The highest BCUT2D eigenvalue weighted by Gasteiger charge is 2.36. The average Bonchev–Trinajstić information content (AvgIpc) is 3.18. The Morgan fingerprint density at radius 1 is 1.06 bits per heavy atom. The summed E-state index contributed by atoms with van der Waals surface area (Å²) in [6, 6.07) is 14.4. The van der Waals surface area contributed by atoms with Crippen molar-refractivity contribution >= 4 is 18.0 Å². The van der Waals surface area contributed by atoms with Crippen LogP contribution in [0, 0.1) is 0 Å². The van der Waals surface area contributed by atoms with E-state index in [0.29, 0.717) is 13.0 Å². The van der Waals surface area contributed by atoms with E-state index in [2.05, 4.69) is 17.4 Å². The second kappa shape index (κ2) is 10.8. The number of benzene rings is 2. The third-order valence-corrected chi connectivity index (χ3v) is 6.77. The van der Waals surface area contributed by atoms with Crippen molar-refractivity contribution in [3.05, 3.63) is 71.3 Å². The fourth-order valence-electron chi connectivity index (χ4n) is 5.01. The highest BCUT2D eigenvalue weighted by atomic mass is 16.5. The normalized spacial score (nSPS) is 17.7. The van der Waals surface area contributed by atoms with E-state index in [0.717, 1.165) is 40.7 Å². The SMILES string of the molecule is CC(C)=CCC(NC(=O)OCC1c2ccccc2-c2ccccc21)C(=O)N1CCCC[C@H]1C(=O)O. The van der Waals surface area contributed by atoms with E-state index in [9.17, 15) is 19.5 Å². The van der Waals surface area contributed by atoms with Gasteiger partial charge in [0.1, 0.15) is 18.7 Å². The van der Waals surface area contributed by atoms with Crippen LogP contribution in [0.4, 0.5) is 4.79 Å². The number of amides is 2. The van der Waals surface area contributed by atoms with Gasteiger partial charge in [0.15, 0.2) is 0 Å². The Hall–Kier alpha value is -3.61. The third-order valence-electron chi connectivity index (χ3n) is 6.77. The number of carboxylic acid groups (broad SMARTS) is 1. The minimum Gasteiger partial charge on any atom is -0.480 e. The van der Waals surface area contributed by atoms with Crippen LogP contribution in [0.1, 0.15) is 56.6 Å². The zero-order valence-electron chi connectivity index (χ0n) is 20.2. The molecule has 2 aromatic rings. The number of fused-ring (bicyclic) bond motifs is 3. The molecule has 2 amide bonds. The van der Waals surface area contributed by atoms with Crippen molar-refractivity contribution in [1.29, 1.82) is 0 Å². The van der Waals surface area contributed by atoms with Crippen molar-refractivity contribution in [2.45, 2.75) is 57.5 Å². The maximum absolute atomic E-state index is 13.3. The second-order valence-electron chi connectivity index (χ2n) is 9.42. The zero-order chi connectivity index (χ0) is 24.9. The molecule has 2 aromatic carbocycles. The summed E-state index contributed by atoms with van der Waals surface area (Å²) >= 11 is 0. The van der Waals surface area contributed by atoms with Gasteiger partial charge >= 0.3 is 12.1 Å². The van der Waals surface area contributed by atoms with E-state index in [-0.39, 0.29) is 24.9 Å². The van der Waals surface area contributed by atoms with Crippen molar-refractivity contribution < 1.29 is 24.2 Å². The first-order valence-corrected chi connectivity index (χ1v) is 12.1. The smallest absolute Gasteiger partial charge is 0.407 e. The molecule has 1 saturated heterocycles. The van der Waals surface area contributed by atoms with Crippen molar-refractivity contribution in [3.8, 4) is 11.1 Å². The molecule has 7 nitrogen and oxygen atoms in total. The van der Waals surface area contributed by atoms with Gasteiger partial charge < -0.3 is 20.1 Å². The number of nitrogens with one attached hydrogen (secondary N) is 1. The van der Waals surface area contributed by atoms with Gasteiger partial charge in [0.05, 0.1) is 0 Å². The molecular formula is C28H32N2O5. The van der Waals surface area contributed by atoms with Gasteiger partial charge in [-0.15, -0.1) is 0 Å². The van der Waals surface area contributed by atoms with Crippen molar-refractivity contribution in [1.82, 2.24) is 10.2 Å². The average molecular weight is 477 g/mol. The van der Waals surface area contributed by atoms with E-state index in [1.54, 1.807) is 0 Å². The number of rotatable bonds is 7. The second-order valence-corrected chi connectivity index (χ2v) is 9.42. The number of aliphatic carboxylic acids is 1. The minimum absolute atomic E-state index is 0.0847. The van der Waals surface area contributed by atoms with Crippen LogP contribution in [0.3, 0.4) is 0 Å². The van der Waals surface area contributed by atoms with Crippen molar-refractivity contribution in [2.24, 2.45) is 0 Å². The monoisotopic (exact) mass is 476 g/mol. The molecule has 1 fully saturated rings. The molecule has 35 heavy (non-hydrogen) atoms. The summed E-state index contributed by atoms with van der Waals surface area (Å²) in [6.45, 7) is 4.34. The molecule has 1 aliphatic carbocycles. The molecule has 1 unspecified atom stereocenters. The fourth-order valence-corrected chi connectivity index (χ4v) is 5.01. The van der Waals surface area contributed by atoms with Crippen LogP contribution in [0.15, 0.2) is 60.2 Å². The number of ether oxygens (including phenoxy) is 1. The Kier molecular flexibility index (Phi) is 7.54.